The summed E-state index contributed by atoms with van der Waals surface area (Å²) < 4.78 is 43.4. The normalized spacial score (nSPS) is 16.1. The van der Waals surface area contributed by atoms with Crippen molar-refractivity contribution in [1.29, 1.82) is 0 Å². The summed E-state index contributed by atoms with van der Waals surface area (Å²) in [4.78, 5) is 2.29. The summed E-state index contributed by atoms with van der Waals surface area (Å²) >= 11 is 6.25. The summed E-state index contributed by atoms with van der Waals surface area (Å²) in [5, 5.41) is 7.75. The maximum absolute atomic E-state index is 12.4. The van der Waals surface area contributed by atoms with Crippen molar-refractivity contribution in [2.45, 2.75) is 12.9 Å². The Balaban J connectivity index is 1.32. The van der Waals surface area contributed by atoms with Gasteiger partial charge in [-0.05, 0) is 42.0 Å². The molecule has 0 atom stereocenters. The van der Waals surface area contributed by atoms with Gasteiger partial charge >= 0.3 is 6.36 Å². The number of nitrogens with zero attached hydrogens (tertiary/aromatic N) is 2. The van der Waals surface area contributed by atoms with Gasteiger partial charge in [0.25, 0.3) is 5.84 Å². The third-order valence-corrected chi connectivity index (χ3v) is 6.17. The highest BCUT2D eigenvalue weighted by Gasteiger charge is 2.31. The van der Waals surface area contributed by atoms with E-state index in [-0.39, 0.29) is 5.75 Å². The molecule has 3 aromatic carbocycles. The molecule has 5 nitrogen and oxygen atoms in total. The maximum atomic E-state index is 12.4. The molecule has 0 radical (unpaired) electrons. The number of piperazine rings is 1. The number of amidine groups is 1. The lowest BCUT2D eigenvalue weighted by molar-refractivity contribution is -0.539. The molecule has 2 N–H and O–H groups in total. The number of para-hydroxylation sites is 1. The fourth-order valence-corrected chi connectivity index (χ4v) is 4.47. The summed E-state index contributed by atoms with van der Waals surface area (Å²) in [7, 11) is 0. The van der Waals surface area contributed by atoms with Crippen LogP contribution in [-0.2, 0) is 6.54 Å². The van der Waals surface area contributed by atoms with E-state index < -0.39 is 6.36 Å². The highest BCUT2D eigenvalue weighted by molar-refractivity contribution is 6.31. The smallest absolute Gasteiger partial charge is 0.406 e. The maximum Gasteiger partial charge on any atom is 0.573 e. The van der Waals surface area contributed by atoms with Crippen LogP contribution in [0.15, 0.2) is 66.7 Å². The van der Waals surface area contributed by atoms with Crippen LogP contribution >= 0.6 is 11.6 Å². The largest absolute Gasteiger partial charge is 0.573 e. The monoisotopic (exact) mass is 487 g/mol. The van der Waals surface area contributed by atoms with Crippen LogP contribution in [0.2, 0.25) is 5.02 Å². The van der Waals surface area contributed by atoms with Gasteiger partial charge in [0.15, 0.2) is 0 Å². The number of hydrogen-bond acceptors (Lipinski definition) is 3. The number of halogens is 4. The van der Waals surface area contributed by atoms with E-state index in [1.54, 1.807) is 12.1 Å². The van der Waals surface area contributed by atoms with Gasteiger partial charge < -0.3 is 10.1 Å². The molecule has 0 spiro atoms. The lowest BCUT2D eigenvalue weighted by Gasteiger charge is -2.28. The molecule has 0 amide bonds. The predicted octanol–water partition coefficient (Wildman–Crippen LogP) is 5.68. The van der Waals surface area contributed by atoms with Gasteiger partial charge in [-0.1, -0.05) is 35.9 Å². The van der Waals surface area contributed by atoms with Gasteiger partial charge in [0, 0.05) is 30.7 Å². The second-order valence-corrected chi connectivity index (χ2v) is 8.73. The van der Waals surface area contributed by atoms with E-state index in [0.29, 0.717) is 11.6 Å². The van der Waals surface area contributed by atoms with Gasteiger partial charge in [0.2, 0.25) is 0 Å². The van der Waals surface area contributed by atoms with Crippen molar-refractivity contribution in [3.05, 3.63) is 82.9 Å². The Labute approximate surface area is 200 Å². The molecule has 0 aliphatic carbocycles. The van der Waals surface area contributed by atoms with Crippen molar-refractivity contribution in [3.8, 4) is 5.75 Å². The zero-order chi connectivity index (χ0) is 23.7. The first-order chi connectivity index (χ1) is 16.3. The number of fused-ring (bicyclic) bond motifs is 2. The number of ether oxygens (including phenoxy) is 1. The standard InChI is InChI=1S/C25H22ClF3N4O/c26-18-7-10-22-23(15-18)31-24(20-3-1-2-4-21(20)30-22)33-13-11-32(12-14-33)16-17-5-8-19(9-6-17)34-25(27,28)29/h1-10,15H,11-14,16H2,(H,30,31)/p+1. The molecule has 9 heteroatoms. The zero-order valence-corrected chi connectivity index (χ0v) is 19.0. The molecule has 0 unspecified atom stereocenters. The van der Waals surface area contributed by atoms with Crippen LogP contribution < -0.4 is 15.4 Å². The molecule has 2 aliphatic heterocycles. The molecule has 1 saturated heterocycles. The van der Waals surface area contributed by atoms with Gasteiger partial charge in [-0.15, -0.1) is 13.2 Å². The molecule has 5 rings (SSSR count). The quantitative estimate of drug-likeness (QED) is 0.466. The molecule has 1 fully saturated rings. The van der Waals surface area contributed by atoms with Crippen LogP contribution in [0.25, 0.3) is 0 Å². The Kier molecular flexibility index (Phi) is 6.10. The summed E-state index contributed by atoms with van der Waals surface area (Å²) in [6, 6.07) is 20.0. The molecule has 0 saturated carbocycles. The topological polar surface area (TPSA) is 39.5 Å². The number of rotatable bonds is 3. The highest BCUT2D eigenvalue weighted by Crippen LogP contribution is 2.34. The van der Waals surface area contributed by atoms with E-state index in [9.17, 15) is 13.2 Å². The molecule has 2 heterocycles. The summed E-state index contributed by atoms with van der Waals surface area (Å²) in [5.74, 6) is 0.821. The number of alkyl halides is 3. The molecule has 176 valence electrons. The molecule has 34 heavy (non-hydrogen) atoms. The minimum absolute atomic E-state index is 0.204. The van der Waals surface area contributed by atoms with Gasteiger partial charge in [-0.2, -0.15) is 0 Å². The fourth-order valence-electron chi connectivity index (χ4n) is 4.30. The first-order valence-electron chi connectivity index (χ1n) is 11.0. The SMILES string of the molecule is FC(F)(F)Oc1ccc(CN2CC[N+](=C3Nc4cc(Cl)ccc4Nc4ccccc43)CC2)cc1. The van der Waals surface area contributed by atoms with Crippen molar-refractivity contribution >= 4 is 34.5 Å². The minimum atomic E-state index is -4.68. The average Bonchev–Trinajstić information content (AvgIpc) is 2.96. The van der Waals surface area contributed by atoms with Crippen molar-refractivity contribution < 1.29 is 22.5 Å². The highest BCUT2D eigenvalue weighted by atomic mass is 35.5. The van der Waals surface area contributed by atoms with E-state index in [1.165, 1.54) is 12.1 Å². The molecular formula is C25H23ClF3N4O+. The minimum Gasteiger partial charge on any atom is -0.406 e. The second kappa shape index (κ2) is 9.19. The summed E-state index contributed by atoms with van der Waals surface area (Å²) in [6.45, 7) is 3.93. The first kappa shape index (κ1) is 22.6. The van der Waals surface area contributed by atoms with Crippen LogP contribution in [0, 0.1) is 0 Å². The molecule has 3 aromatic rings. The van der Waals surface area contributed by atoms with Gasteiger partial charge in [0.05, 0.1) is 30.0 Å². The predicted molar refractivity (Wildman–Crippen MR) is 127 cm³/mol. The first-order valence-corrected chi connectivity index (χ1v) is 11.3. The Morgan fingerprint density at radius 1 is 0.882 bits per heavy atom. The van der Waals surface area contributed by atoms with Crippen molar-refractivity contribution in [2.24, 2.45) is 0 Å². The Bertz CT molecular complexity index is 1220. The molecular weight excluding hydrogens is 465 g/mol. The number of hydrogen-bond donors (Lipinski definition) is 2. The third-order valence-electron chi connectivity index (χ3n) is 5.94. The van der Waals surface area contributed by atoms with Crippen molar-refractivity contribution in [1.82, 2.24) is 4.90 Å². The van der Waals surface area contributed by atoms with Crippen LogP contribution in [0.1, 0.15) is 11.1 Å². The average molecular weight is 488 g/mol. The van der Waals surface area contributed by atoms with Crippen LogP contribution in [0.5, 0.6) is 5.75 Å². The van der Waals surface area contributed by atoms with E-state index in [2.05, 4.69) is 37.0 Å². The zero-order valence-electron chi connectivity index (χ0n) is 18.2. The Morgan fingerprint density at radius 3 is 2.35 bits per heavy atom. The van der Waals surface area contributed by atoms with Crippen LogP contribution in [0.3, 0.4) is 0 Å². The van der Waals surface area contributed by atoms with Crippen LogP contribution in [-0.4, -0.2) is 47.9 Å². The van der Waals surface area contributed by atoms with Gasteiger partial charge in [-0.25, -0.2) is 5.32 Å². The summed E-state index contributed by atoms with van der Waals surface area (Å²) in [5.41, 5.74) is 4.94. The van der Waals surface area contributed by atoms with Crippen molar-refractivity contribution in [2.75, 3.05) is 36.8 Å². The van der Waals surface area contributed by atoms with Gasteiger partial charge in [-0.3, -0.25) is 9.48 Å². The fraction of sp³-hybridized carbons (Fsp3) is 0.240. The number of benzene rings is 3. The second-order valence-electron chi connectivity index (χ2n) is 8.29. The Hall–Kier alpha value is -3.23. The lowest BCUT2D eigenvalue weighted by atomic mass is 10.1. The van der Waals surface area contributed by atoms with E-state index >= 15 is 0 Å². The molecule has 2 aliphatic rings. The third kappa shape index (κ3) is 5.13. The van der Waals surface area contributed by atoms with E-state index in [4.69, 9.17) is 11.6 Å². The molecule has 0 aromatic heterocycles. The number of nitrogens with one attached hydrogen (secondary N) is 2. The lowest BCUT2D eigenvalue weighted by Crippen LogP contribution is -2.45. The van der Waals surface area contributed by atoms with E-state index in [1.807, 2.05) is 30.3 Å². The van der Waals surface area contributed by atoms with E-state index in [0.717, 1.165) is 60.2 Å². The van der Waals surface area contributed by atoms with Gasteiger partial charge in [0.1, 0.15) is 11.4 Å². The summed E-state index contributed by atoms with van der Waals surface area (Å²) in [6.07, 6.45) is -4.68. The molecule has 0 bridgehead atoms. The number of anilines is 3. The van der Waals surface area contributed by atoms with Crippen molar-refractivity contribution in [3.63, 3.8) is 0 Å². The van der Waals surface area contributed by atoms with Crippen LogP contribution in [0.4, 0.5) is 30.2 Å². The Morgan fingerprint density at radius 2 is 1.62 bits per heavy atom.